The fourth-order valence-corrected chi connectivity index (χ4v) is 2.05. The summed E-state index contributed by atoms with van der Waals surface area (Å²) in [5.74, 6) is -0.480. The first-order valence-corrected chi connectivity index (χ1v) is 6.21. The third-order valence-electron chi connectivity index (χ3n) is 3.07. The van der Waals surface area contributed by atoms with Crippen LogP contribution >= 0.6 is 0 Å². The summed E-state index contributed by atoms with van der Waals surface area (Å²) >= 11 is 0. The molecule has 2 aromatic carbocycles. The minimum Gasteiger partial charge on any atom is -0.378 e. The molecular formula is C15H13N3O2. The number of hydrogen-bond donors (Lipinski definition) is 3. The zero-order valence-electron chi connectivity index (χ0n) is 10.6. The van der Waals surface area contributed by atoms with Crippen molar-refractivity contribution in [3.63, 3.8) is 0 Å². The largest absolute Gasteiger partial charge is 0.378 e. The normalized spacial score (nSPS) is 12.2. The van der Waals surface area contributed by atoms with Crippen LogP contribution in [0.2, 0.25) is 0 Å². The molecule has 1 unspecified atom stereocenters. The van der Waals surface area contributed by atoms with E-state index in [1.165, 1.54) is 0 Å². The van der Waals surface area contributed by atoms with Crippen LogP contribution in [-0.4, -0.2) is 21.0 Å². The highest BCUT2D eigenvalue weighted by atomic mass is 16.3. The molecule has 3 aromatic rings. The zero-order chi connectivity index (χ0) is 13.9. The van der Waals surface area contributed by atoms with Gasteiger partial charge in [-0.05, 0) is 17.7 Å². The van der Waals surface area contributed by atoms with Gasteiger partial charge in [0.2, 0.25) is 0 Å². The van der Waals surface area contributed by atoms with Crippen LogP contribution in [0.4, 0.5) is 5.69 Å². The third kappa shape index (κ3) is 2.26. The maximum absolute atomic E-state index is 12.1. The Morgan fingerprint density at radius 2 is 1.95 bits per heavy atom. The van der Waals surface area contributed by atoms with E-state index in [-0.39, 0.29) is 0 Å². The number of aromatic nitrogens is 2. The van der Waals surface area contributed by atoms with Crippen molar-refractivity contribution in [3.8, 4) is 0 Å². The van der Waals surface area contributed by atoms with Gasteiger partial charge >= 0.3 is 0 Å². The Labute approximate surface area is 115 Å². The van der Waals surface area contributed by atoms with Crippen LogP contribution in [0.25, 0.3) is 11.0 Å². The molecule has 0 saturated heterocycles. The zero-order valence-corrected chi connectivity index (χ0v) is 10.6. The van der Waals surface area contributed by atoms with E-state index in [9.17, 15) is 9.90 Å². The van der Waals surface area contributed by atoms with Gasteiger partial charge in [0.05, 0.1) is 17.5 Å². The topological polar surface area (TPSA) is 78.0 Å². The van der Waals surface area contributed by atoms with Crippen LogP contribution in [0.15, 0.2) is 54.9 Å². The van der Waals surface area contributed by atoms with Crippen molar-refractivity contribution in [2.75, 3.05) is 5.32 Å². The second-order valence-electron chi connectivity index (χ2n) is 4.41. The lowest BCUT2D eigenvalue weighted by atomic mass is 10.1. The summed E-state index contributed by atoms with van der Waals surface area (Å²) in [5, 5.41) is 12.7. The highest BCUT2D eigenvalue weighted by Crippen LogP contribution is 2.21. The number of benzene rings is 2. The number of hydrogen-bond acceptors (Lipinski definition) is 3. The predicted octanol–water partition coefficient (Wildman–Crippen LogP) is 2.24. The number of imidazole rings is 1. The number of anilines is 1. The van der Waals surface area contributed by atoms with Gasteiger partial charge in [0.15, 0.2) is 6.10 Å². The van der Waals surface area contributed by atoms with E-state index in [2.05, 4.69) is 15.3 Å². The molecule has 0 saturated carbocycles. The number of carbonyl (C=O) groups is 1. The van der Waals surface area contributed by atoms with Crippen LogP contribution in [0.1, 0.15) is 11.7 Å². The van der Waals surface area contributed by atoms with Gasteiger partial charge in [-0.15, -0.1) is 0 Å². The highest BCUT2D eigenvalue weighted by molar-refractivity contribution is 6.01. The number of aromatic amines is 1. The highest BCUT2D eigenvalue weighted by Gasteiger charge is 2.18. The SMILES string of the molecule is O=C(Nc1cccc2[nH]cnc12)C(O)c1ccccc1. The van der Waals surface area contributed by atoms with E-state index < -0.39 is 12.0 Å². The first-order valence-electron chi connectivity index (χ1n) is 6.21. The van der Waals surface area contributed by atoms with Gasteiger partial charge in [0.25, 0.3) is 5.91 Å². The molecule has 0 spiro atoms. The van der Waals surface area contributed by atoms with Crippen LogP contribution < -0.4 is 5.32 Å². The van der Waals surface area contributed by atoms with Crippen molar-refractivity contribution < 1.29 is 9.90 Å². The first kappa shape index (κ1) is 12.4. The molecule has 0 bridgehead atoms. The molecule has 1 heterocycles. The first-order chi connectivity index (χ1) is 9.75. The molecule has 0 aliphatic rings. The number of H-pyrrole nitrogens is 1. The van der Waals surface area contributed by atoms with Crippen LogP contribution in [0.5, 0.6) is 0 Å². The Morgan fingerprint density at radius 3 is 2.75 bits per heavy atom. The van der Waals surface area contributed by atoms with E-state index in [1.807, 2.05) is 18.2 Å². The average molecular weight is 267 g/mol. The standard InChI is InChI=1S/C15H13N3O2/c19-14(10-5-2-1-3-6-10)15(20)18-12-8-4-7-11-13(12)17-9-16-11/h1-9,14,19H,(H,16,17)(H,18,20). The van der Waals surface area contributed by atoms with Gasteiger partial charge in [-0.2, -0.15) is 0 Å². The Kier molecular flexibility index (Phi) is 3.18. The summed E-state index contributed by atoms with van der Waals surface area (Å²) < 4.78 is 0. The van der Waals surface area contributed by atoms with Crippen LogP contribution in [0, 0.1) is 0 Å². The number of nitrogens with zero attached hydrogens (tertiary/aromatic N) is 1. The number of rotatable bonds is 3. The fraction of sp³-hybridized carbons (Fsp3) is 0.0667. The molecule has 5 heteroatoms. The summed E-state index contributed by atoms with van der Waals surface area (Å²) in [7, 11) is 0. The number of carbonyl (C=O) groups excluding carboxylic acids is 1. The Balaban J connectivity index is 1.84. The lowest BCUT2D eigenvalue weighted by Gasteiger charge is -2.11. The Morgan fingerprint density at radius 1 is 1.15 bits per heavy atom. The maximum Gasteiger partial charge on any atom is 0.257 e. The summed E-state index contributed by atoms with van der Waals surface area (Å²) in [5.41, 5.74) is 2.63. The molecule has 1 aromatic heterocycles. The molecule has 0 fully saturated rings. The van der Waals surface area contributed by atoms with Gasteiger partial charge in [-0.1, -0.05) is 36.4 Å². The number of nitrogens with one attached hydrogen (secondary N) is 2. The van der Waals surface area contributed by atoms with Gasteiger partial charge in [-0.3, -0.25) is 4.79 Å². The summed E-state index contributed by atoms with van der Waals surface area (Å²) in [4.78, 5) is 19.2. The molecule has 20 heavy (non-hydrogen) atoms. The van der Waals surface area contributed by atoms with Crippen LogP contribution in [-0.2, 0) is 4.79 Å². The minimum atomic E-state index is -1.20. The molecule has 0 aliphatic carbocycles. The lowest BCUT2D eigenvalue weighted by Crippen LogP contribution is -2.20. The lowest BCUT2D eigenvalue weighted by molar-refractivity contribution is -0.124. The summed E-state index contributed by atoms with van der Waals surface area (Å²) in [6.45, 7) is 0. The fourth-order valence-electron chi connectivity index (χ4n) is 2.05. The second kappa shape index (κ2) is 5.14. The van der Waals surface area contributed by atoms with Crippen LogP contribution in [0.3, 0.4) is 0 Å². The maximum atomic E-state index is 12.1. The van der Waals surface area contributed by atoms with E-state index in [0.717, 1.165) is 5.52 Å². The van der Waals surface area contributed by atoms with Crippen molar-refractivity contribution in [1.29, 1.82) is 0 Å². The molecule has 100 valence electrons. The van der Waals surface area contributed by atoms with Crippen molar-refractivity contribution in [2.45, 2.75) is 6.10 Å². The molecule has 5 nitrogen and oxygen atoms in total. The predicted molar refractivity (Wildman–Crippen MR) is 76.1 cm³/mol. The van der Waals surface area contributed by atoms with E-state index >= 15 is 0 Å². The molecule has 0 aliphatic heterocycles. The number of para-hydroxylation sites is 1. The molecule has 0 radical (unpaired) electrons. The Hall–Kier alpha value is -2.66. The quantitative estimate of drug-likeness (QED) is 0.681. The van der Waals surface area contributed by atoms with Crippen molar-refractivity contribution in [3.05, 3.63) is 60.4 Å². The number of aliphatic hydroxyl groups excluding tert-OH is 1. The number of amides is 1. The van der Waals surface area contributed by atoms with Crippen molar-refractivity contribution in [2.24, 2.45) is 0 Å². The van der Waals surface area contributed by atoms with Gasteiger partial charge in [0, 0.05) is 0 Å². The minimum absolute atomic E-state index is 0.480. The van der Waals surface area contributed by atoms with E-state index in [4.69, 9.17) is 0 Å². The molecule has 1 atom stereocenters. The van der Waals surface area contributed by atoms with Crippen molar-refractivity contribution in [1.82, 2.24) is 9.97 Å². The molecule has 3 rings (SSSR count). The Bertz CT molecular complexity index is 737. The number of aliphatic hydroxyl groups is 1. The molecule has 3 N–H and O–H groups in total. The molecule has 1 amide bonds. The number of fused-ring (bicyclic) bond motifs is 1. The third-order valence-corrected chi connectivity index (χ3v) is 3.07. The second-order valence-corrected chi connectivity index (χ2v) is 4.41. The summed E-state index contributed by atoms with van der Waals surface area (Å²) in [6.07, 6.45) is 0.360. The van der Waals surface area contributed by atoms with E-state index in [0.29, 0.717) is 16.8 Å². The van der Waals surface area contributed by atoms with Gasteiger partial charge in [-0.25, -0.2) is 4.98 Å². The molecular weight excluding hydrogens is 254 g/mol. The average Bonchev–Trinajstić information content (AvgIpc) is 2.97. The smallest absolute Gasteiger partial charge is 0.257 e. The van der Waals surface area contributed by atoms with Crippen molar-refractivity contribution >= 4 is 22.6 Å². The van der Waals surface area contributed by atoms with E-state index in [1.54, 1.807) is 36.7 Å². The summed E-state index contributed by atoms with van der Waals surface area (Å²) in [6, 6.07) is 14.2. The monoisotopic (exact) mass is 267 g/mol. The van der Waals surface area contributed by atoms with Gasteiger partial charge in [0.1, 0.15) is 5.52 Å². The van der Waals surface area contributed by atoms with Gasteiger partial charge < -0.3 is 15.4 Å².